The van der Waals surface area contributed by atoms with Crippen molar-refractivity contribution >= 4 is 0 Å². The lowest BCUT2D eigenvalue weighted by Gasteiger charge is -2.20. The molecule has 1 aliphatic heterocycles. The maximum absolute atomic E-state index is 11.7. The number of piperidine rings is 1. The van der Waals surface area contributed by atoms with Gasteiger partial charge in [0, 0.05) is 25.4 Å². The molecular formula is C7H16FN2+. The molecule has 0 aromatic rings. The Morgan fingerprint density at radius 2 is 2.10 bits per heavy atom. The minimum Gasteiger partial charge on any atom is -0.346 e. The topological polar surface area (TPSA) is 28.6 Å². The lowest BCUT2D eigenvalue weighted by atomic mass is 10.1. The van der Waals surface area contributed by atoms with Crippen LogP contribution >= 0.6 is 0 Å². The predicted molar refractivity (Wildman–Crippen MR) is 38.7 cm³/mol. The zero-order valence-electron chi connectivity index (χ0n) is 6.28. The van der Waals surface area contributed by atoms with Crippen molar-refractivity contribution < 1.29 is 9.71 Å². The van der Waals surface area contributed by atoms with E-state index < -0.39 is 0 Å². The van der Waals surface area contributed by atoms with E-state index in [4.69, 9.17) is 0 Å². The summed E-state index contributed by atoms with van der Waals surface area (Å²) in [7, 11) is 0. The average Bonchev–Trinajstić information content (AvgIpc) is 2.03. The van der Waals surface area contributed by atoms with Gasteiger partial charge in [-0.25, -0.2) is 4.39 Å². The molecule has 60 valence electrons. The summed E-state index contributed by atoms with van der Waals surface area (Å²) in [4.78, 5) is 0. The second-order valence-electron chi connectivity index (χ2n) is 2.78. The molecule has 10 heavy (non-hydrogen) atoms. The first-order chi connectivity index (χ1) is 4.93. The van der Waals surface area contributed by atoms with Gasteiger partial charge in [0.05, 0.1) is 13.1 Å². The van der Waals surface area contributed by atoms with Gasteiger partial charge in [0.2, 0.25) is 0 Å². The maximum Gasteiger partial charge on any atom is 0.102 e. The molecule has 0 aromatic carbocycles. The van der Waals surface area contributed by atoms with Crippen LogP contribution in [-0.4, -0.2) is 32.4 Å². The Labute approximate surface area is 61.2 Å². The summed E-state index contributed by atoms with van der Waals surface area (Å²) in [5.41, 5.74) is 0. The van der Waals surface area contributed by atoms with Crippen LogP contribution in [0.5, 0.6) is 0 Å². The summed E-state index contributed by atoms with van der Waals surface area (Å²) in [6, 6.07) is 0.584. The molecule has 1 aliphatic rings. The Morgan fingerprint density at radius 3 is 2.70 bits per heavy atom. The fourth-order valence-electron chi connectivity index (χ4n) is 1.39. The third-order valence-corrected chi connectivity index (χ3v) is 1.97. The summed E-state index contributed by atoms with van der Waals surface area (Å²) in [5, 5.41) is 5.49. The Kier molecular flexibility index (Phi) is 3.68. The van der Waals surface area contributed by atoms with E-state index in [-0.39, 0.29) is 6.67 Å². The van der Waals surface area contributed by atoms with Gasteiger partial charge in [-0.05, 0) is 0 Å². The van der Waals surface area contributed by atoms with Gasteiger partial charge < -0.3 is 10.6 Å². The van der Waals surface area contributed by atoms with Crippen molar-refractivity contribution in [2.75, 3.05) is 26.3 Å². The van der Waals surface area contributed by atoms with Crippen LogP contribution in [0.3, 0.4) is 0 Å². The van der Waals surface area contributed by atoms with Crippen molar-refractivity contribution in [2.24, 2.45) is 0 Å². The standard InChI is InChI=1S/C7H15FN2/c8-3-6-10-7-1-4-9-5-2-7/h7,9-10H,1-6H2/p+1. The fraction of sp³-hybridized carbons (Fsp3) is 1.00. The molecule has 1 saturated heterocycles. The molecule has 0 aliphatic carbocycles. The Hall–Kier alpha value is -0.150. The van der Waals surface area contributed by atoms with E-state index in [0.717, 1.165) is 0 Å². The van der Waals surface area contributed by atoms with Gasteiger partial charge in [-0.3, -0.25) is 0 Å². The molecule has 3 N–H and O–H groups in total. The monoisotopic (exact) mass is 147 g/mol. The van der Waals surface area contributed by atoms with Gasteiger partial charge in [0.25, 0.3) is 0 Å². The lowest BCUT2D eigenvalue weighted by molar-refractivity contribution is -0.663. The van der Waals surface area contributed by atoms with E-state index in [1.165, 1.54) is 25.9 Å². The summed E-state index contributed by atoms with van der Waals surface area (Å²) < 4.78 is 11.7. The summed E-state index contributed by atoms with van der Waals surface area (Å²) in [6.07, 6.45) is 2.39. The molecule has 1 fully saturated rings. The molecule has 0 radical (unpaired) electrons. The highest BCUT2D eigenvalue weighted by molar-refractivity contribution is 4.67. The number of hydrogen-bond donors (Lipinski definition) is 2. The lowest BCUT2D eigenvalue weighted by Crippen LogP contribution is -2.87. The largest absolute Gasteiger partial charge is 0.346 e. The van der Waals surface area contributed by atoms with E-state index in [9.17, 15) is 4.39 Å². The highest BCUT2D eigenvalue weighted by Crippen LogP contribution is 1.96. The van der Waals surface area contributed by atoms with Crippen molar-refractivity contribution in [3.8, 4) is 0 Å². The zero-order chi connectivity index (χ0) is 7.23. The SMILES string of the molecule is FCCNC1CC[NH2+]CC1. The summed E-state index contributed by atoms with van der Waals surface area (Å²) >= 11 is 0. The number of rotatable bonds is 3. The Morgan fingerprint density at radius 1 is 1.40 bits per heavy atom. The van der Waals surface area contributed by atoms with Gasteiger partial charge in [0.1, 0.15) is 6.67 Å². The molecule has 0 amide bonds. The van der Waals surface area contributed by atoms with Crippen LogP contribution in [-0.2, 0) is 0 Å². The van der Waals surface area contributed by atoms with E-state index in [1.54, 1.807) is 0 Å². The highest BCUT2D eigenvalue weighted by atomic mass is 19.1. The number of quaternary nitrogens is 1. The Balaban J connectivity index is 2.02. The molecule has 0 bridgehead atoms. The third kappa shape index (κ3) is 2.62. The average molecular weight is 147 g/mol. The molecule has 0 unspecified atom stereocenters. The quantitative estimate of drug-likeness (QED) is 0.541. The van der Waals surface area contributed by atoms with Gasteiger partial charge in [-0.15, -0.1) is 0 Å². The first kappa shape index (κ1) is 7.95. The number of halogens is 1. The van der Waals surface area contributed by atoms with Crippen molar-refractivity contribution in [1.29, 1.82) is 0 Å². The van der Waals surface area contributed by atoms with Crippen molar-refractivity contribution in [2.45, 2.75) is 18.9 Å². The molecule has 0 aromatic heterocycles. The van der Waals surface area contributed by atoms with E-state index in [1.807, 2.05) is 0 Å². The first-order valence-electron chi connectivity index (χ1n) is 4.04. The number of alkyl halides is 1. The molecule has 0 spiro atoms. The fourth-order valence-corrected chi connectivity index (χ4v) is 1.39. The van der Waals surface area contributed by atoms with Gasteiger partial charge in [-0.2, -0.15) is 0 Å². The molecule has 1 rings (SSSR count). The van der Waals surface area contributed by atoms with Crippen LogP contribution in [0.15, 0.2) is 0 Å². The first-order valence-corrected chi connectivity index (χ1v) is 4.04. The van der Waals surface area contributed by atoms with Crippen LogP contribution in [0, 0.1) is 0 Å². The normalized spacial score (nSPS) is 21.3. The van der Waals surface area contributed by atoms with Gasteiger partial charge in [0.15, 0.2) is 0 Å². The second-order valence-corrected chi connectivity index (χ2v) is 2.78. The number of hydrogen-bond acceptors (Lipinski definition) is 1. The van der Waals surface area contributed by atoms with E-state index >= 15 is 0 Å². The summed E-state index contributed by atoms with van der Waals surface area (Å²) in [5.74, 6) is 0. The predicted octanol–water partition coefficient (Wildman–Crippen LogP) is -0.729. The number of nitrogens with one attached hydrogen (secondary N) is 1. The highest BCUT2D eigenvalue weighted by Gasteiger charge is 2.13. The smallest absolute Gasteiger partial charge is 0.102 e. The second kappa shape index (κ2) is 4.63. The van der Waals surface area contributed by atoms with Crippen LogP contribution < -0.4 is 10.6 Å². The minimum absolute atomic E-state index is 0.236. The van der Waals surface area contributed by atoms with Crippen LogP contribution in [0.25, 0.3) is 0 Å². The minimum atomic E-state index is -0.236. The van der Waals surface area contributed by atoms with Crippen LogP contribution in [0.2, 0.25) is 0 Å². The van der Waals surface area contributed by atoms with Crippen molar-refractivity contribution in [1.82, 2.24) is 5.32 Å². The van der Waals surface area contributed by atoms with E-state index in [0.29, 0.717) is 12.6 Å². The zero-order valence-corrected chi connectivity index (χ0v) is 6.28. The number of nitrogens with two attached hydrogens (primary N) is 1. The van der Waals surface area contributed by atoms with Crippen molar-refractivity contribution in [3.05, 3.63) is 0 Å². The van der Waals surface area contributed by atoms with Gasteiger partial charge in [-0.1, -0.05) is 0 Å². The molecular weight excluding hydrogens is 131 g/mol. The van der Waals surface area contributed by atoms with Crippen LogP contribution in [0.1, 0.15) is 12.8 Å². The molecule has 0 atom stereocenters. The van der Waals surface area contributed by atoms with Gasteiger partial charge >= 0.3 is 0 Å². The van der Waals surface area contributed by atoms with Crippen LogP contribution in [0.4, 0.5) is 4.39 Å². The van der Waals surface area contributed by atoms with E-state index in [2.05, 4.69) is 10.6 Å². The maximum atomic E-state index is 11.7. The molecule has 0 saturated carbocycles. The third-order valence-electron chi connectivity index (χ3n) is 1.97. The van der Waals surface area contributed by atoms with Crippen molar-refractivity contribution in [3.63, 3.8) is 0 Å². The molecule has 3 heteroatoms. The molecule has 1 heterocycles. The summed E-state index contributed by atoms with van der Waals surface area (Å²) in [6.45, 7) is 2.69. The molecule has 2 nitrogen and oxygen atoms in total. The Bertz CT molecular complexity index is 81.7.